The normalized spacial score (nSPS) is 6.00. The van der Waals surface area contributed by atoms with E-state index in [1.807, 2.05) is 0 Å². The minimum atomic E-state index is 0. The second-order valence-corrected chi connectivity index (χ2v) is 3.01. The number of rotatable bonds is 0. The number of hydrazine groups is 2. The fourth-order valence-electron chi connectivity index (χ4n) is 0. The zero-order valence-corrected chi connectivity index (χ0v) is 10.6. The van der Waals surface area contributed by atoms with Crippen molar-refractivity contribution in [1.82, 2.24) is 10.9 Å². The van der Waals surface area contributed by atoms with Crippen LogP contribution in [0.5, 0.6) is 0 Å². The van der Waals surface area contributed by atoms with Crippen molar-refractivity contribution in [2.45, 2.75) is 0 Å². The zero-order valence-electron chi connectivity index (χ0n) is 5.10. The Hall–Kier alpha value is 0.828. The van der Waals surface area contributed by atoms with E-state index >= 15 is 0 Å². The summed E-state index contributed by atoms with van der Waals surface area (Å²) in [5.41, 5.74) is 4.15. The molecule has 0 heterocycles. The molecule has 6 N–H and O–H groups in total. The van der Waals surface area contributed by atoms with E-state index in [9.17, 15) is 0 Å². The van der Waals surface area contributed by atoms with Gasteiger partial charge in [0.2, 0.25) is 0 Å². The molecule has 0 aromatic carbocycles. The maximum Gasteiger partial charge on any atom is 2.00 e. The van der Waals surface area contributed by atoms with Gasteiger partial charge in [-0.2, -0.15) is 0 Å². The van der Waals surface area contributed by atoms with Gasteiger partial charge in [-0.3, -0.25) is 11.7 Å². The van der Waals surface area contributed by atoms with Crippen LogP contribution in [-0.2, 0) is 46.3 Å². The van der Waals surface area contributed by atoms with Gasteiger partial charge >= 0.3 is 21.1 Å². The predicted octanol–water partition coefficient (Wildman–Crippen LogP) is -1.44. The summed E-state index contributed by atoms with van der Waals surface area (Å²) in [4.78, 5) is 0. The summed E-state index contributed by atoms with van der Waals surface area (Å²) in [7, 11) is 0. The third kappa shape index (κ3) is 36.2. The quantitative estimate of drug-likeness (QED) is 0.168. The van der Waals surface area contributed by atoms with E-state index in [0.29, 0.717) is 0 Å². The molecular weight excluding hydrogens is 403 g/mol. The largest absolute Gasteiger partial charge is 2.00 e. The Morgan fingerprint density at radius 2 is 1.09 bits per heavy atom. The molecule has 0 amide bonds. The predicted molar refractivity (Wildman–Crippen MR) is 54.6 cm³/mol. The zero-order chi connectivity index (χ0) is 8.57. The van der Waals surface area contributed by atoms with E-state index in [2.05, 4.69) is 72.2 Å². The van der Waals surface area contributed by atoms with Crippen LogP contribution < -0.4 is 22.5 Å². The summed E-state index contributed by atoms with van der Waals surface area (Å²) in [5.74, 6) is 9.35. The Balaban J connectivity index is -0.000000107. The van der Waals surface area contributed by atoms with Crippen molar-refractivity contribution >= 4 is 58.3 Å². The fraction of sp³-hybridized carbons (Fsp3) is 0. The summed E-state index contributed by atoms with van der Waals surface area (Å²) in [6.07, 6.45) is 0. The molecule has 9 heteroatoms. The first kappa shape index (κ1) is 17.8. The molecule has 0 aliphatic carbocycles. The number of nitrogens with two attached hydrogens (primary N) is 2. The maximum absolute atomic E-state index is 4.68. The van der Waals surface area contributed by atoms with Gasteiger partial charge in [-0.25, -0.2) is 0 Å². The monoisotopic (exact) mass is 409 g/mol. The van der Waals surface area contributed by atoms with E-state index in [1.165, 1.54) is 0 Å². The summed E-state index contributed by atoms with van der Waals surface area (Å²) >= 11 is 17.1. The minimum Gasteiger partial charge on any atom is -0.410 e. The van der Waals surface area contributed by atoms with Crippen LogP contribution in [0.15, 0.2) is 0 Å². The van der Waals surface area contributed by atoms with Gasteiger partial charge in [-0.1, -0.05) is 8.64 Å². The Labute approximate surface area is 101 Å². The van der Waals surface area contributed by atoms with E-state index in [-0.39, 0.29) is 29.7 Å². The van der Waals surface area contributed by atoms with Gasteiger partial charge in [-0.15, -0.1) is 0 Å². The topological polar surface area (TPSA) is 76.1 Å². The van der Waals surface area contributed by atoms with E-state index in [0.717, 1.165) is 0 Å². The molecule has 0 aromatic heterocycles. The average Bonchev–Trinajstić information content (AvgIpc) is 1.89. The molecule has 0 fully saturated rings. The van der Waals surface area contributed by atoms with Gasteiger partial charge in [-0.05, 0) is 0 Å². The summed E-state index contributed by atoms with van der Waals surface area (Å²) in [6, 6.07) is 0. The summed E-state index contributed by atoms with van der Waals surface area (Å²) in [6.45, 7) is 0. The molecule has 0 unspecified atom stereocenters. The molecular formula is C2H6N4PtS4. The summed E-state index contributed by atoms with van der Waals surface area (Å²) in [5, 5.41) is 0. The Morgan fingerprint density at radius 1 is 1.00 bits per heavy atom. The molecule has 11 heavy (non-hydrogen) atoms. The SMILES string of the molecule is NNC(=S)[S-].NNC(=S)[S-].[Pt+2]. The average molecular weight is 409 g/mol. The number of thiocarbonyl (C=S) groups is 2. The molecule has 0 atom stereocenters. The molecule has 4 nitrogen and oxygen atoms in total. The number of hydrogen-bond acceptors (Lipinski definition) is 6. The Kier molecular flexibility index (Phi) is 21.7. The van der Waals surface area contributed by atoms with Crippen molar-refractivity contribution in [2.24, 2.45) is 11.7 Å². The van der Waals surface area contributed by atoms with Gasteiger partial charge in [0, 0.05) is 0 Å². The van der Waals surface area contributed by atoms with Crippen LogP contribution >= 0.6 is 24.4 Å². The first-order valence-electron chi connectivity index (χ1n) is 1.89. The van der Waals surface area contributed by atoms with Gasteiger partial charge in [0.15, 0.2) is 0 Å². The third-order valence-corrected chi connectivity index (χ3v) is 0.707. The second-order valence-electron chi connectivity index (χ2n) is 0.864. The molecule has 0 saturated carbocycles. The number of hydrogen-bond donors (Lipinski definition) is 4. The number of nitrogens with one attached hydrogen (secondary N) is 2. The Bertz CT molecular complexity index is 105. The first-order valence-corrected chi connectivity index (χ1v) is 3.53. The standard InChI is InChI=1S/2CH4N2S2.Pt/c2*2-3-1(4)5;/h2*2H2,(H2,3,4,5);/q;;+2/p-2. The van der Waals surface area contributed by atoms with Crippen LogP contribution in [0.4, 0.5) is 0 Å². The minimum absolute atomic E-state index is 0. The van der Waals surface area contributed by atoms with Crippen LogP contribution in [-0.4, -0.2) is 8.64 Å². The molecule has 0 radical (unpaired) electrons. The van der Waals surface area contributed by atoms with Gasteiger partial charge in [0.25, 0.3) is 0 Å². The smallest absolute Gasteiger partial charge is 0.410 e. The fourth-order valence-corrected chi connectivity index (χ4v) is 0. The van der Waals surface area contributed by atoms with Crippen molar-refractivity contribution in [3.05, 3.63) is 0 Å². The molecule has 0 saturated heterocycles. The third-order valence-electron chi connectivity index (χ3n) is 0.236. The summed E-state index contributed by atoms with van der Waals surface area (Å²) < 4.78 is 0.398. The molecule has 68 valence electrons. The van der Waals surface area contributed by atoms with Crippen molar-refractivity contribution in [1.29, 1.82) is 0 Å². The molecule has 0 bridgehead atoms. The second kappa shape index (κ2) is 13.4. The molecule has 0 rings (SSSR count). The molecule has 0 spiro atoms. The van der Waals surface area contributed by atoms with Crippen LogP contribution in [0.25, 0.3) is 0 Å². The van der Waals surface area contributed by atoms with Crippen molar-refractivity contribution in [3.63, 3.8) is 0 Å². The van der Waals surface area contributed by atoms with E-state index in [4.69, 9.17) is 0 Å². The molecule has 0 aromatic rings. The van der Waals surface area contributed by atoms with E-state index < -0.39 is 0 Å². The van der Waals surface area contributed by atoms with Crippen LogP contribution in [0.2, 0.25) is 0 Å². The molecule has 0 aliphatic heterocycles. The van der Waals surface area contributed by atoms with Crippen LogP contribution in [0, 0.1) is 0 Å². The van der Waals surface area contributed by atoms with Crippen molar-refractivity contribution in [2.75, 3.05) is 0 Å². The first-order chi connectivity index (χ1) is 4.54. The Morgan fingerprint density at radius 3 is 1.09 bits per heavy atom. The van der Waals surface area contributed by atoms with Gasteiger partial charge in [0.1, 0.15) is 0 Å². The molecule has 0 aliphatic rings. The van der Waals surface area contributed by atoms with Crippen LogP contribution in [0.1, 0.15) is 0 Å². The van der Waals surface area contributed by atoms with Crippen molar-refractivity contribution < 1.29 is 21.1 Å². The van der Waals surface area contributed by atoms with E-state index in [1.54, 1.807) is 0 Å². The van der Waals surface area contributed by atoms with Gasteiger partial charge < -0.3 is 60.5 Å². The van der Waals surface area contributed by atoms with Gasteiger partial charge in [0.05, 0.1) is 0 Å². The van der Waals surface area contributed by atoms with Crippen molar-refractivity contribution in [3.8, 4) is 0 Å². The maximum atomic E-state index is 4.68. The van der Waals surface area contributed by atoms with Crippen LogP contribution in [0.3, 0.4) is 0 Å².